The first-order valence-corrected chi connectivity index (χ1v) is 6.80. The minimum atomic E-state index is 0.279. The third-order valence-corrected chi connectivity index (χ3v) is 3.85. The Kier molecular flexibility index (Phi) is 4.24. The maximum absolute atomic E-state index is 5.33. The van der Waals surface area contributed by atoms with Gasteiger partial charge in [0.15, 0.2) is 0 Å². The van der Waals surface area contributed by atoms with E-state index in [1.54, 1.807) is 7.11 Å². The van der Waals surface area contributed by atoms with Crippen LogP contribution in [0.4, 0.5) is 11.8 Å². The summed E-state index contributed by atoms with van der Waals surface area (Å²) in [6.07, 6.45) is 5.61. The lowest BCUT2D eigenvalue weighted by atomic mass is 9.69. The first-order chi connectivity index (χ1) is 9.06. The molecule has 1 aliphatic rings. The normalized spacial score (nSPS) is 16.8. The second kappa shape index (κ2) is 5.74. The van der Waals surface area contributed by atoms with Crippen LogP contribution in [0, 0.1) is 12.3 Å². The summed E-state index contributed by atoms with van der Waals surface area (Å²) in [6.45, 7) is 3.72. The van der Waals surface area contributed by atoms with Gasteiger partial charge in [-0.25, -0.2) is 4.98 Å². The summed E-state index contributed by atoms with van der Waals surface area (Å²) in [7, 11) is 5.77. The van der Waals surface area contributed by atoms with Gasteiger partial charge >= 0.3 is 0 Å². The average molecular weight is 264 g/mol. The van der Waals surface area contributed by atoms with E-state index in [-0.39, 0.29) is 5.41 Å². The Bertz CT molecular complexity index is 429. The quantitative estimate of drug-likeness (QED) is 0.852. The van der Waals surface area contributed by atoms with E-state index in [1.165, 1.54) is 19.3 Å². The van der Waals surface area contributed by atoms with Crippen LogP contribution < -0.4 is 10.2 Å². The van der Waals surface area contributed by atoms with Crippen LogP contribution in [0.5, 0.6) is 0 Å². The van der Waals surface area contributed by atoms with E-state index in [2.05, 4.69) is 15.3 Å². The Labute approximate surface area is 115 Å². The summed E-state index contributed by atoms with van der Waals surface area (Å²) in [6, 6.07) is 0. The molecule has 1 saturated carbocycles. The highest BCUT2D eigenvalue weighted by Crippen LogP contribution is 2.41. The van der Waals surface area contributed by atoms with Gasteiger partial charge in [-0.1, -0.05) is 6.42 Å². The Morgan fingerprint density at radius 2 is 2.16 bits per heavy atom. The summed E-state index contributed by atoms with van der Waals surface area (Å²) < 4.78 is 5.33. The fourth-order valence-corrected chi connectivity index (χ4v) is 2.59. The largest absolute Gasteiger partial charge is 0.384 e. The van der Waals surface area contributed by atoms with E-state index >= 15 is 0 Å². The second-order valence-corrected chi connectivity index (χ2v) is 5.73. The number of aromatic nitrogens is 2. The molecule has 1 heterocycles. The highest BCUT2D eigenvalue weighted by atomic mass is 16.5. The number of methoxy groups -OCH3 is 1. The van der Waals surface area contributed by atoms with Crippen molar-refractivity contribution in [3.05, 3.63) is 11.8 Å². The van der Waals surface area contributed by atoms with Crippen LogP contribution in [0.2, 0.25) is 0 Å². The highest BCUT2D eigenvalue weighted by Gasteiger charge is 2.36. The van der Waals surface area contributed by atoms with Gasteiger partial charge in [-0.05, 0) is 19.8 Å². The standard InChI is InChI=1S/C14H24N4O/c1-11-8-15-13(17-12(11)18(2)3)16-9-14(10-19-4)6-5-7-14/h8H,5-7,9-10H2,1-4H3,(H,15,16,17). The first kappa shape index (κ1) is 14.1. The van der Waals surface area contributed by atoms with Gasteiger partial charge < -0.3 is 15.0 Å². The van der Waals surface area contributed by atoms with Gasteiger partial charge in [0.2, 0.25) is 5.95 Å². The fourth-order valence-electron chi connectivity index (χ4n) is 2.59. The molecule has 1 aromatic heterocycles. The molecule has 0 atom stereocenters. The first-order valence-electron chi connectivity index (χ1n) is 6.80. The van der Waals surface area contributed by atoms with Crippen molar-refractivity contribution in [3.63, 3.8) is 0 Å². The number of hydrogen-bond donors (Lipinski definition) is 1. The Balaban J connectivity index is 2.01. The van der Waals surface area contributed by atoms with Gasteiger partial charge in [0.25, 0.3) is 0 Å². The van der Waals surface area contributed by atoms with Crippen LogP contribution in [0.3, 0.4) is 0 Å². The zero-order chi connectivity index (χ0) is 13.9. The van der Waals surface area contributed by atoms with Crippen LogP contribution in [0.25, 0.3) is 0 Å². The van der Waals surface area contributed by atoms with Gasteiger partial charge in [0.1, 0.15) is 5.82 Å². The van der Waals surface area contributed by atoms with Gasteiger partial charge in [0.05, 0.1) is 6.61 Å². The van der Waals surface area contributed by atoms with Crippen molar-refractivity contribution in [1.82, 2.24) is 9.97 Å². The molecular formula is C14H24N4O. The summed E-state index contributed by atoms with van der Waals surface area (Å²) in [5.41, 5.74) is 1.37. The topological polar surface area (TPSA) is 50.3 Å². The van der Waals surface area contributed by atoms with Crippen LogP contribution in [-0.2, 0) is 4.74 Å². The number of hydrogen-bond acceptors (Lipinski definition) is 5. The molecule has 5 heteroatoms. The Hall–Kier alpha value is -1.36. The van der Waals surface area contributed by atoms with E-state index in [0.29, 0.717) is 5.95 Å². The van der Waals surface area contributed by atoms with Crippen molar-refractivity contribution in [2.24, 2.45) is 5.41 Å². The molecule has 0 saturated heterocycles. The van der Waals surface area contributed by atoms with Gasteiger partial charge in [-0.3, -0.25) is 0 Å². The average Bonchev–Trinajstić information content (AvgIpc) is 2.33. The number of anilines is 2. The fraction of sp³-hybridized carbons (Fsp3) is 0.714. The molecule has 0 unspecified atom stereocenters. The number of nitrogens with one attached hydrogen (secondary N) is 1. The SMILES string of the molecule is COCC1(CNc2ncc(C)c(N(C)C)n2)CCC1. The van der Waals surface area contributed by atoms with Crippen molar-refractivity contribution < 1.29 is 4.74 Å². The number of ether oxygens (including phenoxy) is 1. The molecule has 1 aliphatic carbocycles. The number of aryl methyl sites for hydroxylation is 1. The molecule has 2 rings (SSSR count). The predicted octanol–water partition coefficient (Wildman–Crippen LogP) is 2.08. The van der Waals surface area contributed by atoms with E-state index in [4.69, 9.17) is 4.74 Å². The molecule has 0 amide bonds. The zero-order valence-corrected chi connectivity index (χ0v) is 12.4. The molecule has 1 N–H and O–H groups in total. The molecule has 0 radical (unpaired) electrons. The molecule has 0 bridgehead atoms. The Morgan fingerprint density at radius 1 is 1.42 bits per heavy atom. The van der Waals surface area contributed by atoms with Gasteiger partial charge in [0, 0.05) is 44.9 Å². The minimum absolute atomic E-state index is 0.279. The maximum atomic E-state index is 5.33. The maximum Gasteiger partial charge on any atom is 0.224 e. The summed E-state index contributed by atoms with van der Waals surface area (Å²) in [5, 5.41) is 3.37. The molecule has 0 aromatic carbocycles. The molecule has 0 aliphatic heterocycles. The van der Waals surface area contributed by atoms with Crippen molar-refractivity contribution in [1.29, 1.82) is 0 Å². The van der Waals surface area contributed by atoms with E-state index in [9.17, 15) is 0 Å². The van der Waals surface area contributed by atoms with E-state index in [1.807, 2.05) is 32.1 Å². The summed E-state index contributed by atoms with van der Waals surface area (Å²) in [4.78, 5) is 10.9. The zero-order valence-electron chi connectivity index (χ0n) is 12.4. The lowest BCUT2D eigenvalue weighted by Crippen LogP contribution is -2.40. The lowest BCUT2D eigenvalue weighted by molar-refractivity contribution is 0.0281. The number of rotatable bonds is 6. The van der Waals surface area contributed by atoms with Crippen LogP contribution in [0.1, 0.15) is 24.8 Å². The third-order valence-electron chi connectivity index (χ3n) is 3.85. The molecule has 0 spiro atoms. The molecule has 1 fully saturated rings. The molecular weight excluding hydrogens is 240 g/mol. The number of nitrogens with zero attached hydrogens (tertiary/aromatic N) is 3. The monoisotopic (exact) mass is 264 g/mol. The van der Waals surface area contributed by atoms with Crippen molar-refractivity contribution in [2.75, 3.05) is 44.6 Å². The van der Waals surface area contributed by atoms with Crippen molar-refractivity contribution in [3.8, 4) is 0 Å². The van der Waals surface area contributed by atoms with Crippen molar-refractivity contribution >= 4 is 11.8 Å². The highest BCUT2D eigenvalue weighted by molar-refractivity contribution is 5.47. The Morgan fingerprint density at radius 3 is 2.68 bits per heavy atom. The predicted molar refractivity (Wildman–Crippen MR) is 77.7 cm³/mol. The molecule has 106 valence electrons. The van der Waals surface area contributed by atoms with E-state index in [0.717, 1.165) is 24.5 Å². The third kappa shape index (κ3) is 3.15. The summed E-state index contributed by atoms with van der Waals surface area (Å²) >= 11 is 0. The molecule has 5 nitrogen and oxygen atoms in total. The molecule has 1 aromatic rings. The van der Waals surface area contributed by atoms with Crippen LogP contribution in [-0.4, -0.2) is 44.3 Å². The molecule has 19 heavy (non-hydrogen) atoms. The van der Waals surface area contributed by atoms with Gasteiger partial charge in [-0.2, -0.15) is 4.98 Å². The van der Waals surface area contributed by atoms with Crippen molar-refractivity contribution in [2.45, 2.75) is 26.2 Å². The summed E-state index contributed by atoms with van der Waals surface area (Å²) in [5.74, 6) is 1.67. The second-order valence-electron chi connectivity index (χ2n) is 5.73. The van der Waals surface area contributed by atoms with Crippen LogP contribution in [0.15, 0.2) is 6.20 Å². The minimum Gasteiger partial charge on any atom is -0.384 e. The van der Waals surface area contributed by atoms with E-state index < -0.39 is 0 Å². The smallest absolute Gasteiger partial charge is 0.224 e. The lowest BCUT2D eigenvalue weighted by Gasteiger charge is -2.41. The van der Waals surface area contributed by atoms with Gasteiger partial charge in [-0.15, -0.1) is 0 Å². The van der Waals surface area contributed by atoms with Crippen LogP contribution >= 0.6 is 0 Å².